The number of aromatic amines is 1. The summed E-state index contributed by atoms with van der Waals surface area (Å²) in [5, 5.41) is 6.63. The van der Waals surface area contributed by atoms with Crippen LogP contribution in [0.1, 0.15) is 23.2 Å². The highest BCUT2D eigenvalue weighted by Crippen LogP contribution is 2.15. The maximum absolute atomic E-state index is 11.4. The summed E-state index contributed by atoms with van der Waals surface area (Å²) in [7, 11) is 0. The Balaban J connectivity index is 2.23. The van der Waals surface area contributed by atoms with Gasteiger partial charge in [0.1, 0.15) is 5.82 Å². The van der Waals surface area contributed by atoms with E-state index in [1.54, 1.807) is 32.3 Å². The number of H-pyrrole nitrogens is 1. The molecule has 1 N–H and O–H groups in total. The lowest BCUT2D eigenvalue weighted by molar-refractivity contribution is 0.0519. The second-order valence-electron chi connectivity index (χ2n) is 3.41. The predicted octanol–water partition coefficient (Wildman–Crippen LogP) is 1.35. The van der Waals surface area contributed by atoms with Gasteiger partial charge in [-0.05, 0) is 19.9 Å². The predicted molar refractivity (Wildman–Crippen MR) is 60.3 cm³/mol. The summed E-state index contributed by atoms with van der Waals surface area (Å²) in [5.74, 6) is 0.252. The molecule has 0 saturated carbocycles. The fraction of sp³-hybridized carbons (Fsp3) is 0.273. The number of carbonyl (C=O) groups is 1. The van der Waals surface area contributed by atoms with Crippen molar-refractivity contribution < 1.29 is 9.53 Å². The van der Waals surface area contributed by atoms with Crippen molar-refractivity contribution in [2.45, 2.75) is 13.8 Å². The lowest BCUT2D eigenvalue weighted by atomic mass is 10.2. The summed E-state index contributed by atoms with van der Waals surface area (Å²) in [5.41, 5.74) is 1.72. The molecule has 0 saturated heterocycles. The van der Waals surface area contributed by atoms with E-state index in [1.165, 1.54) is 0 Å². The average molecular weight is 232 g/mol. The Hall–Kier alpha value is -2.24. The topological polar surface area (TPSA) is 80.8 Å². The van der Waals surface area contributed by atoms with Crippen molar-refractivity contribution in [3.63, 3.8) is 0 Å². The van der Waals surface area contributed by atoms with E-state index < -0.39 is 5.97 Å². The number of hydrogen-bond acceptors (Lipinski definition) is 5. The van der Waals surface area contributed by atoms with Crippen LogP contribution in [0.2, 0.25) is 0 Å². The van der Waals surface area contributed by atoms with Crippen LogP contribution in [0, 0.1) is 6.92 Å². The van der Waals surface area contributed by atoms with E-state index in [0.717, 1.165) is 5.56 Å². The molecule has 2 rings (SSSR count). The molecule has 0 radical (unpaired) electrons. The molecule has 2 heterocycles. The van der Waals surface area contributed by atoms with Gasteiger partial charge in [0.05, 0.1) is 12.3 Å². The number of ether oxygens (including phenoxy) is 1. The van der Waals surface area contributed by atoms with Crippen LogP contribution < -0.4 is 0 Å². The number of hydrogen-bond donors (Lipinski definition) is 1. The van der Waals surface area contributed by atoms with Crippen molar-refractivity contribution in [3.05, 3.63) is 30.0 Å². The summed E-state index contributed by atoms with van der Waals surface area (Å²) in [6.45, 7) is 3.88. The van der Waals surface area contributed by atoms with E-state index in [1.807, 2.05) is 0 Å². The van der Waals surface area contributed by atoms with Crippen LogP contribution in [-0.2, 0) is 4.74 Å². The Morgan fingerprint density at radius 1 is 1.41 bits per heavy atom. The van der Waals surface area contributed by atoms with Gasteiger partial charge in [0.15, 0.2) is 5.69 Å². The molecule has 0 aliphatic heterocycles. The molecular formula is C11H12N4O2. The molecular weight excluding hydrogens is 220 g/mol. The lowest BCUT2D eigenvalue weighted by Crippen LogP contribution is -2.04. The Labute approximate surface area is 98.1 Å². The van der Waals surface area contributed by atoms with Gasteiger partial charge in [0, 0.05) is 18.0 Å². The fourth-order valence-electron chi connectivity index (χ4n) is 1.31. The molecule has 88 valence electrons. The third kappa shape index (κ3) is 2.47. The fourth-order valence-corrected chi connectivity index (χ4v) is 1.31. The maximum atomic E-state index is 11.4. The molecule has 0 amide bonds. The second-order valence-corrected chi connectivity index (χ2v) is 3.41. The molecule has 0 spiro atoms. The van der Waals surface area contributed by atoms with Crippen LogP contribution in [-0.4, -0.2) is 32.7 Å². The van der Waals surface area contributed by atoms with Crippen molar-refractivity contribution in [2.24, 2.45) is 0 Å². The largest absolute Gasteiger partial charge is 0.461 e. The van der Waals surface area contributed by atoms with Gasteiger partial charge in [-0.15, -0.1) is 0 Å². The van der Waals surface area contributed by atoms with Gasteiger partial charge in [-0.1, -0.05) is 0 Å². The Bertz CT molecular complexity index is 519. The zero-order valence-electron chi connectivity index (χ0n) is 9.60. The Morgan fingerprint density at radius 2 is 2.12 bits per heavy atom. The van der Waals surface area contributed by atoms with E-state index in [2.05, 4.69) is 20.2 Å². The Morgan fingerprint density at radius 3 is 2.76 bits per heavy atom. The minimum absolute atomic E-state index is 0.252. The monoisotopic (exact) mass is 232 g/mol. The number of rotatable bonds is 3. The molecule has 0 atom stereocenters. The zero-order chi connectivity index (χ0) is 12.3. The highest BCUT2D eigenvalue weighted by Gasteiger charge is 2.12. The molecule has 0 aliphatic rings. The van der Waals surface area contributed by atoms with Gasteiger partial charge >= 0.3 is 5.97 Å². The van der Waals surface area contributed by atoms with Crippen LogP contribution >= 0.6 is 0 Å². The minimum atomic E-state index is -0.442. The third-order valence-electron chi connectivity index (χ3n) is 2.15. The summed E-state index contributed by atoms with van der Waals surface area (Å²) in [6.07, 6.45) is 3.34. The average Bonchev–Trinajstić information content (AvgIpc) is 2.80. The van der Waals surface area contributed by atoms with Crippen molar-refractivity contribution in [3.8, 4) is 11.3 Å². The first-order chi connectivity index (χ1) is 8.20. The van der Waals surface area contributed by atoms with Gasteiger partial charge in [0.2, 0.25) is 0 Å². The molecule has 2 aromatic heterocycles. The first-order valence-corrected chi connectivity index (χ1v) is 5.22. The number of esters is 1. The number of nitrogens with zero attached hydrogens (tertiary/aromatic N) is 3. The van der Waals surface area contributed by atoms with E-state index in [-0.39, 0.29) is 5.69 Å². The van der Waals surface area contributed by atoms with Crippen LogP contribution in [0.4, 0.5) is 0 Å². The smallest absolute Gasteiger partial charge is 0.358 e. The molecule has 0 bridgehead atoms. The zero-order valence-corrected chi connectivity index (χ0v) is 9.60. The van der Waals surface area contributed by atoms with Crippen LogP contribution in [0.3, 0.4) is 0 Å². The highest BCUT2D eigenvalue weighted by molar-refractivity contribution is 5.88. The number of aryl methyl sites for hydroxylation is 1. The van der Waals surface area contributed by atoms with Gasteiger partial charge in [-0.25, -0.2) is 14.8 Å². The molecule has 2 aromatic rings. The summed E-state index contributed by atoms with van der Waals surface area (Å²) in [6, 6.07) is 1.62. The van der Waals surface area contributed by atoms with Gasteiger partial charge in [0.25, 0.3) is 0 Å². The standard InChI is InChI=1S/C11H12N4O2/c1-3-17-11(16)10-4-9(14-15-10)8-5-12-7(2)13-6-8/h4-6H,3H2,1-2H3,(H,14,15). The maximum Gasteiger partial charge on any atom is 0.358 e. The van der Waals surface area contributed by atoms with Gasteiger partial charge < -0.3 is 4.74 Å². The summed E-state index contributed by atoms with van der Waals surface area (Å²) in [4.78, 5) is 19.5. The molecule has 0 unspecified atom stereocenters. The number of carbonyl (C=O) groups excluding carboxylic acids is 1. The summed E-state index contributed by atoms with van der Waals surface area (Å²) < 4.78 is 4.84. The summed E-state index contributed by atoms with van der Waals surface area (Å²) >= 11 is 0. The van der Waals surface area contributed by atoms with Crippen LogP contribution in [0.5, 0.6) is 0 Å². The van der Waals surface area contributed by atoms with Gasteiger partial charge in [-0.2, -0.15) is 5.10 Å². The first-order valence-electron chi connectivity index (χ1n) is 5.22. The third-order valence-corrected chi connectivity index (χ3v) is 2.15. The number of nitrogens with one attached hydrogen (secondary N) is 1. The normalized spacial score (nSPS) is 10.2. The molecule has 0 fully saturated rings. The van der Waals surface area contributed by atoms with Crippen molar-refractivity contribution in [2.75, 3.05) is 6.61 Å². The van der Waals surface area contributed by atoms with E-state index in [9.17, 15) is 4.79 Å². The second kappa shape index (κ2) is 4.73. The minimum Gasteiger partial charge on any atom is -0.461 e. The Kier molecular flexibility index (Phi) is 3.13. The van der Waals surface area contributed by atoms with E-state index in [4.69, 9.17) is 4.74 Å². The number of aromatic nitrogens is 4. The van der Waals surface area contributed by atoms with Crippen LogP contribution in [0.25, 0.3) is 11.3 Å². The molecule has 6 nitrogen and oxygen atoms in total. The first kappa shape index (κ1) is 11.3. The van der Waals surface area contributed by atoms with E-state index in [0.29, 0.717) is 18.1 Å². The quantitative estimate of drug-likeness (QED) is 0.808. The SMILES string of the molecule is CCOC(=O)c1cc(-c2cnc(C)nc2)[nH]n1. The van der Waals surface area contributed by atoms with Crippen LogP contribution in [0.15, 0.2) is 18.5 Å². The van der Waals surface area contributed by atoms with Crippen molar-refractivity contribution in [1.29, 1.82) is 0 Å². The molecule has 6 heteroatoms. The van der Waals surface area contributed by atoms with Gasteiger partial charge in [-0.3, -0.25) is 5.10 Å². The molecule has 0 aromatic carbocycles. The lowest BCUT2D eigenvalue weighted by Gasteiger charge is -1.96. The molecule has 17 heavy (non-hydrogen) atoms. The highest BCUT2D eigenvalue weighted by atomic mass is 16.5. The van der Waals surface area contributed by atoms with E-state index >= 15 is 0 Å². The van der Waals surface area contributed by atoms with Crippen molar-refractivity contribution in [1.82, 2.24) is 20.2 Å². The molecule has 0 aliphatic carbocycles. The van der Waals surface area contributed by atoms with Crippen molar-refractivity contribution >= 4 is 5.97 Å².